The highest BCUT2D eigenvalue weighted by atomic mass is 31.2. The van der Waals surface area contributed by atoms with Crippen LogP contribution in [0.1, 0.15) is 83.1 Å². The van der Waals surface area contributed by atoms with Gasteiger partial charge in [0.2, 0.25) is 0 Å². The smallest absolute Gasteiger partial charge is 0.353 e. The van der Waals surface area contributed by atoms with E-state index in [-0.39, 0.29) is 19.3 Å². The van der Waals surface area contributed by atoms with Gasteiger partial charge in [0.15, 0.2) is 11.5 Å². The van der Waals surface area contributed by atoms with Crippen LogP contribution >= 0.6 is 7.60 Å². The van der Waals surface area contributed by atoms with Crippen molar-refractivity contribution in [3.8, 4) is 0 Å². The van der Waals surface area contributed by atoms with Crippen LogP contribution in [0.25, 0.3) is 11.2 Å². The van der Waals surface area contributed by atoms with E-state index in [2.05, 4.69) is 45.3 Å². The number of ether oxygens (including phenoxy) is 2. The van der Waals surface area contributed by atoms with Gasteiger partial charge in [-0.15, -0.1) is 0 Å². The van der Waals surface area contributed by atoms with E-state index in [0.29, 0.717) is 30.1 Å². The Kier molecular flexibility index (Phi) is 15.3. The Labute approximate surface area is 244 Å². The molecule has 3 N–H and O–H groups in total. The lowest BCUT2D eigenvalue weighted by molar-refractivity contribution is 0.0610. The van der Waals surface area contributed by atoms with Crippen LogP contribution in [0, 0.1) is 0 Å². The van der Waals surface area contributed by atoms with Gasteiger partial charge < -0.3 is 29.2 Å². The summed E-state index contributed by atoms with van der Waals surface area (Å²) in [5.41, 5.74) is 8.36. The molecule has 2 atom stereocenters. The number of anilines is 1. The molecule has 1 unspecified atom stereocenters. The number of nitrogens with zero attached hydrogens (tertiary/aromatic N) is 4. The van der Waals surface area contributed by atoms with Gasteiger partial charge in [-0.2, -0.15) is 0 Å². The predicted molar refractivity (Wildman–Crippen MR) is 163 cm³/mol. The Bertz CT molecular complexity index is 1160. The van der Waals surface area contributed by atoms with Gasteiger partial charge >= 0.3 is 7.60 Å². The molecule has 2 aromatic heterocycles. The number of fused-ring (bicyclic) bond motifs is 1. The molecule has 3 aromatic rings. The number of hydrogen-bond donors (Lipinski definition) is 2. The van der Waals surface area contributed by atoms with Gasteiger partial charge in [0, 0.05) is 6.61 Å². The normalized spacial score (nSPS) is 13.9. The van der Waals surface area contributed by atoms with Crippen molar-refractivity contribution in [2.45, 2.75) is 96.6 Å². The monoisotopic (exact) mass is 589 g/mol. The molecule has 41 heavy (non-hydrogen) atoms. The molecule has 0 aliphatic carbocycles. The Morgan fingerprint density at radius 1 is 0.878 bits per heavy atom. The highest BCUT2D eigenvalue weighted by Gasteiger charge is 2.21. The van der Waals surface area contributed by atoms with Crippen LogP contribution in [0.5, 0.6) is 0 Å². The topological polar surface area (TPSA) is 135 Å². The van der Waals surface area contributed by atoms with Crippen LogP contribution in [0.3, 0.4) is 0 Å². The zero-order valence-electron chi connectivity index (χ0n) is 24.5. The summed E-state index contributed by atoms with van der Waals surface area (Å²) in [4.78, 5) is 22.4. The Balaban J connectivity index is 1.08. The second-order valence-electron chi connectivity index (χ2n) is 10.6. The number of aryl methyl sites for hydroxylation is 1. The first-order valence-electron chi connectivity index (χ1n) is 15.1. The highest BCUT2D eigenvalue weighted by molar-refractivity contribution is 7.52. The predicted octanol–water partition coefficient (Wildman–Crippen LogP) is 6.52. The number of nitrogen functional groups attached to an aromatic ring is 1. The molecule has 0 aliphatic heterocycles. The van der Waals surface area contributed by atoms with E-state index in [1.165, 1.54) is 76.1 Å². The van der Waals surface area contributed by atoms with Crippen molar-refractivity contribution in [3.63, 3.8) is 0 Å². The number of unbranched alkanes of at least 4 members (excludes halogenated alkanes) is 10. The average molecular weight is 590 g/mol. The molecule has 1 aromatic carbocycles. The molecule has 2 heterocycles. The molecule has 3 rings (SSSR count). The van der Waals surface area contributed by atoms with Gasteiger partial charge in [0.1, 0.15) is 18.2 Å². The van der Waals surface area contributed by atoms with E-state index in [0.717, 1.165) is 12.8 Å². The zero-order chi connectivity index (χ0) is 29.2. The molecule has 0 spiro atoms. The quantitative estimate of drug-likeness (QED) is 0.0935. The fraction of sp³-hybridized carbons (Fsp3) is 0.633. The maximum Gasteiger partial charge on any atom is 0.353 e. The largest absolute Gasteiger partial charge is 0.382 e. The average Bonchev–Trinajstić information content (AvgIpc) is 3.38. The zero-order valence-corrected chi connectivity index (χ0v) is 25.4. The minimum absolute atomic E-state index is 0.0557. The van der Waals surface area contributed by atoms with Crippen LogP contribution in [-0.4, -0.2) is 56.7 Å². The van der Waals surface area contributed by atoms with E-state index in [1.807, 2.05) is 0 Å². The summed E-state index contributed by atoms with van der Waals surface area (Å²) < 4.78 is 30.3. The van der Waals surface area contributed by atoms with Crippen LogP contribution in [0.2, 0.25) is 0 Å². The van der Waals surface area contributed by atoms with Gasteiger partial charge in [-0.3, -0.25) is 4.57 Å². The Morgan fingerprint density at radius 3 is 2.24 bits per heavy atom. The van der Waals surface area contributed by atoms with E-state index in [1.54, 1.807) is 17.8 Å². The Morgan fingerprint density at radius 2 is 1.54 bits per heavy atom. The minimum Gasteiger partial charge on any atom is -0.382 e. The van der Waals surface area contributed by atoms with E-state index < -0.39 is 13.9 Å². The molecule has 11 heteroatoms. The van der Waals surface area contributed by atoms with Crippen molar-refractivity contribution < 1.29 is 23.5 Å². The lowest BCUT2D eigenvalue weighted by Gasteiger charge is -2.17. The van der Waals surface area contributed by atoms with Crippen molar-refractivity contribution >= 4 is 24.6 Å². The van der Waals surface area contributed by atoms with Crippen molar-refractivity contribution in [2.24, 2.45) is 0 Å². The first kappa shape index (κ1) is 33.1. The third kappa shape index (κ3) is 13.4. The van der Waals surface area contributed by atoms with Crippen LogP contribution in [0.4, 0.5) is 5.82 Å². The second kappa shape index (κ2) is 18.9. The third-order valence-corrected chi connectivity index (χ3v) is 8.08. The molecule has 0 amide bonds. The SMILES string of the molecule is C[C@H](Cn1cnc2c(N)ncnc21)OCP(=O)(O)OCCOCCCCCCCCCCCCCc1ccccc1. The highest BCUT2D eigenvalue weighted by Crippen LogP contribution is 2.41. The fourth-order valence-electron chi connectivity index (χ4n) is 4.73. The van der Waals surface area contributed by atoms with Gasteiger partial charge in [0.05, 0.1) is 32.2 Å². The van der Waals surface area contributed by atoms with Crippen molar-refractivity contribution in [1.82, 2.24) is 19.5 Å². The summed E-state index contributed by atoms with van der Waals surface area (Å²) in [6.45, 7) is 3.18. The van der Waals surface area contributed by atoms with Gasteiger partial charge in [0.25, 0.3) is 0 Å². The van der Waals surface area contributed by atoms with Crippen molar-refractivity contribution in [1.29, 1.82) is 0 Å². The van der Waals surface area contributed by atoms with Gasteiger partial charge in [-0.25, -0.2) is 15.0 Å². The molecule has 0 saturated carbocycles. The van der Waals surface area contributed by atoms with E-state index >= 15 is 0 Å². The second-order valence-corrected chi connectivity index (χ2v) is 12.4. The summed E-state index contributed by atoms with van der Waals surface area (Å²) in [5, 5.41) is 0. The molecule has 0 aliphatic rings. The molecule has 0 radical (unpaired) electrons. The number of nitrogens with two attached hydrogens (primary N) is 1. The molecule has 228 valence electrons. The molecule has 10 nitrogen and oxygen atoms in total. The summed E-state index contributed by atoms with van der Waals surface area (Å²) in [7, 11) is -3.87. The summed E-state index contributed by atoms with van der Waals surface area (Å²) in [6, 6.07) is 10.8. The van der Waals surface area contributed by atoms with E-state index in [9.17, 15) is 9.46 Å². The molecule has 0 bridgehead atoms. The number of benzene rings is 1. The van der Waals surface area contributed by atoms with Crippen LogP contribution < -0.4 is 5.73 Å². The minimum atomic E-state index is -3.87. The maximum atomic E-state index is 12.3. The van der Waals surface area contributed by atoms with Gasteiger partial charge in [-0.1, -0.05) is 88.1 Å². The van der Waals surface area contributed by atoms with Crippen molar-refractivity contribution in [3.05, 3.63) is 48.5 Å². The fourth-order valence-corrected chi connectivity index (χ4v) is 5.61. The molecular formula is C30H48N5O5P. The van der Waals surface area contributed by atoms with Crippen LogP contribution in [-0.2, 0) is 31.5 Å². The Hall–Kier alpha value is -2.36. The molecule has 0 saturated heterocycles. The molecule has 0 fully saturated rings. The standard InChI is InChI=1S/C30H48N5O5P/c1-26(22-35-24-34-28-29(31)32-23-33-30(28)35)39-25-41(36,37)40-21-20-38-19-15-10-8-6-4-2-3-5-7-9-12-16-27-17-13-11-14-18-27/h11,13-14,17-18,23-24,26H,2-10,12,15-16,19-22,25H2,1H3,(H,36,37)(H2,31,32,33)/t26-/m1/s1. The third-order valence-electron chi connectivity index (χ3n) is 7.02. The first-order chi connectivity index (χ1) is 19.9. The van der Waals surface area contributed by atoms with Gasteiger partial charge in [-0.05, 0) is 31.7 Å². The number of aromatic nitrogens is 4. The summed E-state index contributed by atoms with van der Waals surface area (Å²) >= 11 is 0. The lowest BCUT2D eigenvalue weighted by Crippen LogP contribution is -2.18. The summed E-state index contributed by atoms with van der Waals surface area (Å²) in [5.74, 6) is 0.305. The van der Waals surface area contributed by atoms with Crippen LogP contribution in [0.15, 0.2) is 43.0 Å². The number of rotatable bonds is 23. The van der Waals surface area contributed by atoms with E-state index in [4.69, 9.17) is 19.7 Å². The lowest BCUT2D eigenvalue weighted by atomic mass is 10.0. The first-order valence-corrected chi connectivity index (χ1v) is 16.8. The number of imidazole rings is 1. The summed E-state index contributed by atoms with van der Waals surface area (Å²) in [6.07, 6.45) is 17.4. The molecular weight excluding hydrogens is 541 g/mol. The maximum absolute atomic E-state index is 12.3. The van der Waals surface area contributed by atoms with Crippen molar-refractivity contribution in [2.75, 3.05) is 31.9 Å². The number of hydrogen-bond acceptors (Lipinski definition) is 8.